The molecular formula is C24H28N4O3. The monoisotopic (exact) mass is 420 g/mol. The number of amides is 2. The number of carbonyl (C=O) groups is 1. The minimum atomic E-state index is -0.293. The molecule has 2 atom stereocenters. The van der Waals surface area contributed by atoms with Crippen molar-refractivity contribution in [2.75, 3.05) is 38.7 Å². The molecule has 2 N–H and O–H groups in total. The van der Waals surface area contributed by atoms with E-state index in [1.807, 2.05) is 55.5 Å². The highest BCUT2D eigenvalue weighted by atomic mass is 16.5. The molecule has 1 saturated heterocycles. The van der Waals surface area contributed by atoms with Crippen LogP contribution in [0.4, 0.5) is 10.7 Å². The molecule has 162 valence electrons. The Morgan fingerprint density at radius 1 is 1.13 bits per heavy atom. The summed E-state index contributed by atoms with van der Waals surface area (Å²) in [4.78, 5) is 19.6. The number of aromatic nitrogens is 1. The summed E-state index contributed by atoms with van der Waals surface area (Å²) in [6, 6.07) is 19.6. The Morgan fingerprint density at radius 3 is 2.55 bits per heavy atom. The van der Waals surface area contributed by atoms with E-state index in [0.717, 1.165) is 25.2 Å². The minimum absolute atomic E-state index is 0.0175. The van der Waals surface area contributed by atoms with Crippen molar-refractivity contribution < 1.29 is 13.9 Å². The number of benzene rings is 2. The van der Waals surface area contributed by atoms with E-state index in [1.165, 1.54) is 5.56 Å². The van der Waals surface area contributed by atoms with Crippen molar-refractivity contribution in [2.24, 2.45) is 0 Å². The van der Waals surface area contributed by atoms with E-state index in [2.05, 4.69) is 32.7 Å². The Balaban J connectivity index is 1.44. The minimum Gasteiger partial charge on any atom is -0.420 e. The van der Waals surface area contributed by atoms with Crippen LogP contribution < -0.4 is 10.6 Å². The van der Waals surface area contributed by atoms with Crippen LogP contribution in [-0.4, -0.2) is 55.3 Å². The van der Waals surface area contributed by atoms with Gasteiger partial charge in [0.05, 0.1) is 12.6 Å². The number of nitrogens with one attached hydrogen (secondary N) is 2. The molecule has 2 heterocycles. The number of carbonyl (C=O) groups excluding carboxylic acids is 1. The third kappa shape index (κ3) is 5.13. The highest BCUT2D eigenvalue weighted by Crippen LogP contribution is 2.28. The Morgan fingerprint density at radius 2 is 1.84 bits per heavy atom. The smallest absolute Gasteiger partial charge is 0.321 e. The van der Waals surface area contributed by atoms with Crippen molar-refractivity contribution >= 4 is 11.9 Å². The Labute approximate surface area is 182 Å². The first-order valence-electron chi connectivity index (χ1n) is 10.5. The van der Waals surface area contributed by atoms with Gasteiger partial charge in [-0.05, 0) is 24.6 Å². The van der Waals surface area contributed by atoms with Gasteiger partial charge in [-0.15, -0.1) is 0 Å². The highest BCUT2D eigenvalue weighted by Gasteiger charge is 2.34. The van der Waals surface area contributed by atoms with Crippen LogP contribution in [0.2, 0.25) is 0 Å². The van der Waals surface area contributed by atoms with E-state index in [0.29, 0.717) is 24.1 Å². The molecule has 7 heteroatoms. The lowest BCUT2D eigenvalue weighted by Crippen LogP contribution is -2.42. The van der Waals surface area contributed by atoms with Crippen LogP contribution in [0.1, 0.15) is 17.2 Å². The summed E-state index contributed by atoms with van der Waals surface area (Å²) in [6.07, 6.45) is 0. The van der Waals surface area contributed by atoms with Crippen LogP contribution >= 0.6 is 0 Å². The third-order valence-electron chi connectivity index (χ3n) is 5.60. The van der Waals surface area contributed by atoms with Gasteiger partial charge in [-0.25, -0.2) is 9.78 Å². The number of nitrogens with zero attached hydrogens (tertiary/aromatic N) is 2. The zero-order valence-corrected chi connectivity index (χ0v) is 17.9. The molecule has 4 rings (SSSR count). The molecule has 0 unspecified atom stereocenters. The summed E-state index contributed by atoms with van der Waals surface area (Å²) in [5.74, 6) is 1.06. The normalized spacial score (nSPS) is 18.8. The molecule has 0 bridgehead atoms. The van der Waals surface area contributed by atoms with Gasteiger partial charge in [0.1, 0.15) is 5.69 Å². The third-order valence-corrected chi connectivity index (χ3v) is 5.60. The van der Waals surface area contributed by atoms with Crippen molar-refractivity contribution in [3.63, 3.8) is 0 Å². The predicted molar refractivity (Wildman–Crippen MR) is 120 cm³/mol. The van der Waals surface area contributed by atoms with Crippen LogP contribution in [0.25, 0.3) is 11.5 Å². The first-order chi connectivity index (χ1) is 15.1. The van der Waals surface area contributed by atoms with Crippen molar-refractivity contribution in [1.82, 2.24) is 15.2 Å². The first-order valence-corrected chi connectivity index (χ1v) is 10.5. The number of anilines is 1. The second-order valence-corrected chi connectivity index (χ2v) is 7.77. The molecule has 0 spiro atoms. The quantitative estimate of drug-likeness (QED) is 0.606. The molecule has 31 heavy (non-hydrogen) atoms. The maximum Gasteiger partial charge on any atom is 0.321 e. The standard InChI is InChI=1S/C24H28N4O3/c1-17-22(31-23(25-17)19-11-7-4-8-12-19)27-24(29)26-21-16-28(13-14-30-2)15-20(21)18-9-5-3-6-10-18/h3-12,20-21H,13-16H2,1-2H3,(H2,26,27,29)/t20-,21+/m0/s1. The fourth-order valence-electron chi connectivity index (χ4n) is 4.00. The number of rotatable bonds is 7. The van der Waals surface area contributed by atoms with Gasteiger partial charge in [0, 0.05) is 38.2 Å². The lowest BCUT2D eigenvalue weighted by Gasteiger charge is -2.20. The van der Waals surface area contributed by atoms with E-state index < -0.39 is 0 Å². The maximum atomic E-state index is 12.8. The number of ether oxygens (including phenoxy) is 1. The zero-order valence-electron chi connectivity index (χ0n) is 17.9. The zero-order chi connectivity index (χ0) is 21.6. The highest BCUT2D eigenvalue weighted by molar-refractivity contribution is 5.88. The summed E-state index contributed by atoms with van der Waals surface area (Å²) < 4.78 is 11.0. The lowest BCUT2D eigenvalue weighted by molar-refractivity contribution is 0.159. The van der Waals surface area contributed by atoms with E-state index in [9.17, 15) is 4.79 Å². The SMILES string of the molecule is COCCN1C[C@@H](NC(=O)Nc2oc(-c3ccccc3)nc2C)[C@H](c2ccccc2)C1. The second kappa shape index (κ2) is 9.76. The van der Waals surface area contributed by atoms with Crippen molar-refractivity contribution in [1.29, 1.82) is 0 Å². The second-order valence-electron chi connectivity index (χ2n) is 7.77. The molecule has 1 aliphatic heterocycles. The van der Waals surface area contributed by atoms with E-state index >= 15 is 0 Å². The molecule has 1 aliphatic rings. The number of likely N-dealkylation sites (tertiary alicyclic amines) is 1. The van der Waals surface area contributed by atoms with Crippen LogP contribution in [0.5, 0.6) is 0 Å². The fraction of sp³-hybridized carbons (Fsp3) is 0.333. The molecule has 2 amide bonds. The average molecular weight is 421 g/mol. The molecular weight excluding hydrogens is 392 g/mol. The molecule has 3 aromatic rings. The summed E-state index contributed by atoms with van der Waals surface area (Å²) >= 11 is 0. The topological polar surface area (TPSA) is 79.6 Å². The fourth-order valence-corrected chi connectivity index (χ4v) is 4.00. The van der Waals surface area contributed by atoms with E-state index in [-0.39, 0.29) is 18.0 Å². The van der Waals surface area contributed by atoms with Crippen LogP contribution in [-0.2, 0) is 4.74 Å². The van der Waals surface area contributed by atoms with Gasteiger partial charge < -0.3 is 14.5 Å². The van der Waals surface area contributed by atoms with Crippen LogP contribution in [0.3, 0.4) is 0 Å². The molecule has 0 radical (unpaired) electrons. The first kappa shape index (κ1) is 21.1. The number of methoxy groups -OCH3 is 1. The number of hydrogen-bond donors (Lipinski definition) is 2. The summed E-state index contributed by atoms with van der Waals surface area (Å²) in [7, 11) is 1.71. The summed E-state index contributed by atoms with van der Waals surface area (Å²) in [5.41, 5.74) is 2.73. The number of oxazole rings is 1. The van der Waals surface area contributed by atoms with Crippen molar-refractivity contribution in [3.05, 3.63) is 71.9 Å². The molecule has 2 aromatic carbocycles. The number of aryl methyl sites for hydroxylation is 1. The molecule has 1 fully saturated rings. The van der Waals surface area contributed by atoms with Gasteiger partial charge in [0.2, 0.25) is 11.8 Å². The molecule has 0 saturated carbocycles. The van der Waals surface area contributed by atoms with Gasteiger partial charge in [-0.3, -0.25) is 10.2 Å². The largest absolute Gasteiger partial charge is 0.420 e. The van der Waals surface area contributed by atoms with Crippen molar-refractivity contribution in [2.45, 2.75) is 18.9 Å². The van der Waals surface area contributed by atoms with Gasteiger partial charge in [0.15, 0.2) is 0 Å². The average Bonchev–Trinajstić information content (AvgIpc) is 3.36. The summed E-state index contributed by atoms with van der Waals surface area (Å²) in [5, 5.41) is 5.97. The van der Waals surface area contributed by atoms with Crippen LogP contribution in [0, 0.1) is 6.92 Å². The Hall–Kier alpha value is -3.16. The predicted octanol–water partition coefficient (Wildman–Crippen LogP) is 3.89. The summed E-state index contributed by atoms with van der Waals surface area (Å²) in [6.45, 7) is 4.96. The number of hydrogen-bond acceptors (Lipinski definition) is 5. The molecule has 1 aromatic heterocycles. The number of urea groups is 1. The van der Waals surface area contributed by atoms with Crippen LogP contribution in [0.15, 0.2) is 65.1 Å². The van der Waals surface area contributed by atoms with Gasteiger partial charge in [-0.1, -0.05) is 48.5 Å². The Kier molecular flexibility index (Phi) is 6.64. The van der Waals surface area contributed by atoms with Crippen molar-refractivity contribution in [3.8, 4) is 11.5 Å². The van der Waals surface area contributed by atoms with Gasteiger partial charge >= 0.3 is 6.03 Å². The Bertz CT molecular complexity index is 991. The molecule has 7 nitrogen and oxygen atoms in total. The van der Waals surface area contributed by atoms with Gasteiger partial charge in [-0.2, -0.15) is 0 Å². The molecule has 0 aliphatic carbocycles. The van der Waals surface area contributed by atoms with E-state index in [1.54, 1.807) is 7.11 Å². The van der Waals surface area contributed by atoms with Gasteiger partial charge in [0.25, 0.3) is 0 Å². The maximum absolute atomic E-state index is 12.8. The lowest BCUT2D eigenvalue weighted by atomic mass is 9.94. The van der Waals surface area contributed by atoms with E-state index in [4.69, 9.17) is 9.15 Å².